The second-order valence-corrected chi connectivity index (χ2v) is 1.45. The summed E-state index contributed by atoms with van der Waals surface area (Å²) in [7, 11) is 3.04. The second kappa shape index (κ2) is 4.23. The molecule has 0 unspecified atom stereocenters. The molecule has 3 nitrogen and oxygen atoms in total. The molecule has 0 aliphatic rings. The molecular weight excluding hydrogens is 118 g/mol. The zero-order valence-corrected chi connectivity index (χ0v) is 5.76. The van der Waals surface area contributed by atoms with Crippen LogP contribution in [0, 0.1) is 0 Å². The highest BCUT2D eigenvalue weighted by Crippen LogP contribution is 2.03. The molecule has 0 aromatic rings. The van der Waals surface area contributed by atoms with Crippen LogP contribution in [0.4, 0.5) is 0 Å². The van der Waals surface area contributed by atoms with Crippen molar-refractivity contribution < 1.29 is 9.47 Å². The maximum Gasteiger partial charge on any atom is 0.199 e. The van der Waals surface area contributed by atoms with Crippen molar-refractivity contribution in [3.8, 4) is 0 Å². The summed E-state index contributed by atoms with van der Waals surface area (Å²) in [5.41, 5.74) is 0.486. The quantitative estimate of drug-likeness (QED) is 0.415. The van der Waals surface area contributed by atoms with Crippen LogP contribution in [-0.4, -0.2) is 27.2 Å². The summed E-state index contributed by atoms with van der Waals surface area (Å²) in [6, 6.07) is 0. The largest absolute Gasteiger partial charge is 0.350 e. The Morgan fingerprint density at radius 3 is 2.00 bits per heavy atom. The molecule has 0 aliphatic carbocycles. The zero-order chi connectivity index (χ0) is 7.28. The first-order valence-electron chi connectivity index (χ1n) is 2.47. The average Bonchev–Trinajstić information content (AvgIpc) is 1.90. The number of methoxy groups -OCH3 is 2. The molecule has 0 N–H and O–H groups in total. The van der Waals surface area contributed by atoms with Gasteiger partial charge in [-0.15, -0.1) is 0 Å². The predicted molar refractivity (Wildman–Crippen MR) is 36.5 cm³/mol. The molecule has 0 rings (SSSR count). The number of aliphatic imine (C=N–C) groups is 1. The number of rotatable bonds is 4. The van der Waals surface area contributed by atoms with Crippen LogP contribution in [0.15, 0.2) is 17.3 Å². The lowest BCUT2D eigenvalue weighted by atomic mass is 10.5. The van der Waals surface area contributed by atoms with Crippen molar-refractivity contribution in [1.82, 2.24) is 0 Å². The fourth-order valence-electron chi connectivity index (χ4n) is 0.443. The van der Waals surface area contributed by atoms with Crippen LogP contribution < -0.4 is 0 Å². The minimum Gasteiger partial charge on any atom is -0.350 e. The molecule has 52 valence electrons. The van der Waals surface area contributed by atoms with Gasteiger partial charge in [0.05, 0.1) is 5.70 Å². The third-order valence-corrected chi connectivity index (χ3v) is 0.903. The SMILES string of the molecule is C=NC(=C)C(OC)OC. The Morgan fingerprint density at radius 1 is 1.44 bits per heavy atom. The van der Waals surface area contributed by atoms with Crippen molar-refractivity contribution in [2.75, 3.05) is 14.2 Å². The molecule has 0 saturated heterocycles. The van der Waals surface area contributed by atoms with Crippen molar-refractivity contribution in [2.24, 2.45) is 4.99 Å². The summed E-state index contributed by atoms with van der Waals surface area (Å²) >= 11 is 0. The molecule has 0 amide bonds. The van der Waals surface area contributed by atoms with Crippen molar-refractivity contribution >= 4 is 6.72 Å². The van der Waals surface area contributed by atoms with Crippen LogP contribution in [0.2, 0.25) is 0 Å². The third-order valence-electron chi connectivity index (χ3n) is 0.903. The Balaban J connectivity index is 3.78. The van der Waals surface area contributed by atoms with Gasteiger partial charge in [0.25, 0.3) is 0 Å². The zero-order valence-electron chi connectivity index (χ0n) is 5.76. The van der Waals surface area contributed by atoms with Gasteiger partial charge in [-0.25, -0.2) is 0 Å². The van der Waals surface area contributed by atoms with E-state index in [1.54, 1.807) is 0 Å². The van der Waals surface area contributed by atoms with Crippen LogP contribution in [0.25, 0.3) is 0 Å². The van der Waals surface area contributed by atoms with Gasteiger partial charge in [-0.1, -0.05) is 6.58 Å². The van der Waals surface area contributed by atoms with Gasteiger partial charge in [-0.05, 0) is 6.72 Å². The topological polar surface area (TPSA) is 30.8 Å². The van der Waals surface area contributed by atoms with Crippen LogP contribution in [0.1, 0.15) is 0 Å². The summed E-state index contributed by atoms with van der Waals surface area (Å²) in [6.07, 6.45) is -0.456. The van der Waals surface area contributed by atoms with E-state index in [9.17, 15) is 0 Å². The van der Waals surface area contributed by atoms with Gasteiger partial charge in [-0.2, -0.15) is 0 Å². The van der Waals surface area contributed by atoms with E-state index in [1.807, 2.05) is 0 Å². The first kappa shape index (κ1) is 8.33. The van der Waals surface area contributed by atoms with Crippen molar-refractivity contribution in [3.05, 3.63) is 12.3 Å². The lowest BCUT2D eigenvalue weighted by Crippen LogP contribution is -2.13. The molecule has 0 aromatic carbocycles. The fourth-order valence-corrected chi connectivity index (χ4v) is 0.443. The molecule has 0 aliphatic heterocycles. The lowest BCUT2D eigenvalue weighted by Gasteiger charge is -2.11. The van der Waals surface area contributed by atoms with Crippen LogP contribution in [0.5, 0.6) is 0 Å². The molecule has 9 heavy (non-hydrogen) atoms. The number of hydrogen-bond acceptors (Lipinski definition) is 3. The number of nitrogens with zero attached hydrogens (tertiary/aromatic N) is 1. The summed E-state index contributed by atoms with van der Waals surface area (Å²) in [4.78, 5) is 3.54. The van der Waals surface area contributed by atoms with Crippen molar-refractivity contribution in [1.29, 1.82) is 0 Å². The van der Waals surface area contributed by atoms with E-state index in [-0.39, 0.29) is 0 Å². The maximum absolute atomic E-state index is 4.80. The molecule has 0 radical (unpaired) electrons. The summed E-state index contributed by atoms with van der Waals surface area (Å²) < 4.78 is 9.59. The number of ether oxygens (including phenoxy) is 2. The van der Waals surface area contributed by atoms with Gasteiger partial charge >= 0.3 is 0 Å². The Bertz CT molecular complexity index is 108. The Hall–Kier alpha value is -0.670. The van der Waals surface area contributed by atoms with E-state index < -0.39 is 6.29 Å². The van der Waals surface area contributed by atoms with Crippen molar-refractivity contribution in [3.63, 3.8) is 0 Å². The molecule has 0 heterocycles. The highest BCUT2D eigenvalue weighted by molar-refractivity contribution is 5.28. The second-order valence-electron chi connectivity index (χ2n) is 1.45. The van der Waals surface area contributed by atoms with E-state index in [4.69, 9.17) is 9.47 Å². The van der Waals surface area contributed by atoms with E-state index in [1.165, 1.54) is 14.2 Å². The van der Waals surface area contributed by atoms with E-state index >= 15 is 0 Å². The predicted octanol–water partition coefficient (Wildman–Crippen LogP) is 0.820. The molecule has 0 fully saturated rings. The van der Waals surface area contributed by atoms with Crippen LogP contribution in [0.3, 0.4) is 0 Å². The normalized spacial score (nSPS) is 9.67. The van der Waals surface area contributed by atoms with Gasteiger partial charge in [0.2, 0.25) is 0 Å². The van der Waals surface area contributed by atoms with Gasteiger partial charge in [0.1, 0.15) is 0 Å². The minimum atomic E-state index is -0.456. The molecule has 0 spiro atoms. The fraction of sp³-hybridized carbons (Fsp3) is 0.500. The summed E-state index contributed by atoms with van der Waals surface area (Å²) in [5.74, 6) is 0. The van der Waals surface area contributed by atoms with Gasteiger partial charge < -0.3 is 9.47 Å². The monoisotopic (exact) mass is 129 g/mol. The Kier molecular flexibility index (Phi) is 3.92. The highest BCUT2D eigenvalue weighted by atomic mass is 16.7. The van der Waals surface area contributed by atoms with Gasteiger partial charge in [-0.3, -0.25) is 4.99 Å². The molecule has 0 bridgehead atoms. The minimum absolute atomic E-state index is 0.456. The van der Waals surface area contributed by atoms with E-state index in [0.717, 1.165) is 0 Å². The van der Waals surface area contributed by atoms with Crippen LogP contribution in [-0.2, 0) is 9.47 Å². The lowest BCUT2D eigenvalue weighted by molar-refractivity contribution is -0.0750. The van der Waals surface area contributed by atoms with E-state index in [0.29, 0.717) is 5.70 Å². The van der Waals surface area contributed by atoms with Gasteiger partial charge in [0, 0.05) is 14.2 Å². The van der Waals surface area contributed by atoms with Gasteiger partial charge in [0.15, 0.2) is 6.29 Å². The third kappa shape index (κ3) is 2.39. The average molecular weight is 129 g/mol. The Morgan fingerprint density at radius 2 is 1.89 bits per heavy atom. The molecular formula is C6H11NO2. The van der Waals surface area contributed by atoms with Crippen molar-refractivity contribution in [2.45, 2.75) is 6.29 Å². The highest BCUT2D eigenvalue weighted by Gasteiger charge is 2.06. The number of hydrogen-bond donors (Lipinski definition) is 0. The first-order chi connectivity index (χ1) is 4.26. The maximum atomic E-state index is 4.80. The molecule has 3 heteroatoms. The summed E-state index contributed by atoms with van der Waals surface area (Å²) in [5, 5.41) is 0. The van der Waals surface area contributed by atoms with Crippen LogP contribution >= 0.6 is 0 Å². The van der Waals surface area contributed by atoms with E-state index in [2.05, 4.69) is 18.3 Å². The summed E-state index contributed by atoms with van der Waals surface area (Å²) in [6.45, 7) is 6.80. The smallest absolute Gasteiger partial charge is 0.199 e. The molecule has 0 aromatic heterocycles. The standard InChI is InChI=1S/C6H11NO2/c1-5(7-2)6(8-3)9-4/h6H,1-2H2,3-4H3. The Labute approximate surface area is 55.0 Å². The molecule has 0 saturated carbocycles. The first-order valence-corrected chi connectivity index (χ1v) is 2.47. The molecule has 0 atom stereocenters.